The molecule has 0 radical (unpaired) electrons. The Kier molecular flexibility index (Phi) is 2.85. The molecule has 0 amide bonds. The van der Waals surface area contributed by atoms with Gasteiger partial charge >= 0.3 is 0 Å². The Hall–Kier alpha value is -2.65. The summed E-state index contributed by atoms with van der Waals surface area (Å²) >= 11 is 0. The highest BCUT2D eigenvalue weighted by Gasteiger charge is 2.07. The van der Waals surface area contributed by atoms with E-state index in [1.54, 1.807) is 6.08 Å². The van der Waals surface area contributed by atoms with Gasteiger partial charge in [-0.25, -0.2) is 4.57 Å². The van der Waals surface area contributed by atoms with E-state index in [1.807, 2.05) is 60.3 Å². The predicted octanol–water partition coefficient (Wildman–Crippen LogP) is 2.09. The number of rotatable bonds is 1. The zero-order valence-corrected chi connectivity index (χ0v) is 9.38. The van der Waals surface area contributed by atoms with Crippen molar-refractivity contribution in [3.63, 3.8) is 0 Å². The van der Waals surface area contributed by atoms with Crippen molar-refractivity contribution < 1.29 is 4.57 Å². The standard InChI is InChI=1S/C14H10N3/c1-17-7-6-12(8-11(9-15)10-16)13-4-2-3-5-14(13)17/h2-8H,1H3/q+1. The van der Waals surface area contributed by atoms with Crippen LogP contribution in [-0.4, -0.2) is 0 Å². The van der Waals surface area contributed by atoms with Crippen molar-refractivity contribution in [2.75, 3.05) is 0 Å². The maximum Gasteiger partial charge on any atom is 0.212 e. The lowest BCUT2D eigenvalue weighted by molar-refractivity contribution is -0.644. The number of nitrogens with zero attached hydrogens (tertiary/aromatic N) is 3. The summed E-state index contributed by atoms with van der Waals surface area (Å²) in [4.78, 5) is 0. The molecule has 0 aliphatic carbocycles. The fraction of sp³-hybridized carbons (Fsp3) is 0.0714. The minimum Gasteiger partial charge on any atom is -0.201 e. The summed E-state index contributed by atoms with van der Waals surface area (Å²) in [6.45, 7) is 0. The van der Waals surface area contributed by atoms with Crippen LogP contribution >= 0.6 is 0 Å². The van der Waals surface area contributed by atoms with Crippen LogP contribution < -0.4 is 4.57 Å². The second kappa shape index (κ2) is 4.47. The molecule has 3 nitrogen and oxygen atoms in total. The molecule has 0 saturated heterocycles. The van der Waals surface area contributed by atoms with Gasteiger partial charge in [-0.2, -0.15) is 10.5 Å². The Labute approximate surface area is 99.5 Å². The lowest BCUT2D eigenvalue weighted by Gasteiger charge is -2.00. The third-order valence-corrected chi connectivity index (χ3v) is 2.61. The smallest absolute Gasteiger partial charge is 0.201 e. The minimum atomic E-state index is 0.115. The Balaban J connectivity index is 2.74. The van der Waals surface area contributed by atoms with Gasteiger partial charge in [-0.05, 0) is 17.7 Å². The SMILES string of the molecule is C[n+]1ccc(C=C(C#N)C#N)c2ccccc21. The lowest BCUT2D eigenvalue weighted by atomic mass is 10.1. The third-order valence-electron chi connectivity index (χ3n) is 2.61. The topological polar surface area (TPSA) is 51.5 Å². The quantitative estimate of drug-likeness (QED) is 0.546. The van der Waals surface area contributed by atoms with Crippen LogP contribution in [0.4, 0.5) is 0 Å². The van der Waals surface area contributed by atoms with Gasteiger partial charge in [-0.1, -0.05) is 12.1 Å². The number of benzene rings is 1. The van der Waals surface area contributed by atoms with Crippen molar-refractivity contribution in [3.05, 3.63) is 47.7 Å². The molecule has 0 unspecified atom stereocenters. The molecular formula is C14H10N3+. The normalized spacial score (nSPS) is 9.35. The molecule has 0 bridgehead atoms. The number of pyridine rings is 1. The van der Waals surface area contributed by atoms with Crippen LogP contribution in [-0.2, 0) is 7.05 Å². The van der Waals surface area contributed by atoms with Crippen molar-refractivity contribution in [2.24, 2.45) is 7.05 Å². The first-order valence-electron chi connectivity index (χ1n) is 5.15. The zero-order valence-electron chi connectivity index (χ0n) is 9.38. The molecule has 17 heavy (non-hydrogen) atoms. The second-order valence-corrected chi connectivity index (χ2v) is 3.68. The first kappa shape index (κ1) is 10.9. The molecule has 2 rings (SSSR count). The fourth-order valence-electron chi connectivity index (χ4n) is 1.76. The maximum atomic E-state index is 8.77. The van der Waals surface area contributed by atoms with E-state index in [0.717, 1.165) is 16.5 Å². The third kappa shape index (κ3) is 2.00. The maximum absolute atomic E-state index is 8.77. The number of fused-ring (bicyclic) bond motifs is 1. The molecule has 80 valence electrons. The van der Waals surface area contributed by atoms with E-state index in [-0.39, 0.29) is 5.57 Å². The largest absolute Gasteiger partial charge is 0.212 e. The van der Waals surface area contributed by atoms with Crippen molar-refractivity contribution in [1.82, 2.24) is 0 Å². The summed E-state index contributed by atoms with van der Waals surface area (Å²) in [7, 11) is 1.96. The fourth-order valence-corrected chi connectivity index (χ4v) is 1.76. The molecule has 2 aromatic rings. The summed E-state index contributed by atoms with van der Waals surface area (Å²) in [5.41, 5.74) is 2.07. The highest BCUT2D eigenvalue weighted by atomic mass is 14.9. The molecule has 3 heteroatoms. The summed E-state index contributed by atoms with van der Waals surface area (Å²) in [6.07, 6.45) is 3.53. The molecule has 0 atom stereocenters. The molecule has 0 aliphatic heterocycles. The van der Waals surface area contributed by atoms with E-state index in [2.05, 4.69) is 0 Å². The number of aromatic nitrogens is 1. The Morgan fingerprint density at radius 3 is 2.59 bits per heavy atom. The number of allylic oxidation sites excluding steroid dienone is 1. The first-order chi connectivity index (χ1) is 8.26. The van der Waals surface area contributed by atoms with Crippen LogP contribution in [0.3, 0.4) is 0 Å². The number of hydrogen-bond acceptors (Lipinski definition) is 2. The Morgan fingerprint density at radius 1 is 1.18 bits per heavy atom. The van der Waals surface area contributed by atoms with E-state index in [9.17, 15) is 0 Å². The van der Waals surface area contributed by atoms with Crippen LogP contribution in [0.2, 0.25) is 0 Å². The lowest BCUT2D eigenvalue weighted by Crippen LogP contribution is -2.28. The van der Waals surface area contributed by atoms with Gasteiger partial charge in [0.1, 0.15) is 24.8 Å². The van der Waals surface area contributed by atoms with E-state index in [1.165, 1.54) is 0 Å². The molecular weight excluding hydrogens is 210 g/mol. The summed E-state index contributed by atoms with van der Waals surface area (Å²) in [5, 5.41) is 18.6. The van der Waals surface area contributed by atoms with Crippen LogP contribution in [0.25, 0.3) is 17.0 Å². The molecule has 1 heterocycles. The van der Waals surface area contributed by atoms with Gasteiger partial charge in [0.25, 0.3) is 0 Å². The molecule has 1 aromatic carbocycles. The van der Waals surface area contributed by atoms with Crippen molar-refractivity contribution >= 4 is 17.0 Å². The number of hydrogen-bond donors (Lipinski definition) is 0. The van der Waals surface area contributed by atoms with E-state index in [0.29, 0.717) is 0 Å². The highest BCUT2D eigenvalue weighted by Crippen LogP contribution is 2.17. The van der Waals surface area contributed by atoms with Crippen molar-refractivity contribution in [1.29, 1.82) is 10.5 Å². The summed E-state index contributed by atoms with van der Waals surface area (Å²) in [6, 6.07) is 13.5. The van der Waals surface area contributed by atoms with E-state index < -0.39 is 0 Å². The number of aryl methyl sites for hydroxylation is 1. The molecule has 0 aliphatic rings. The van der Waals surface area contributed by atoms with Gasteiger partial charge in [0.05, 0.1) is 5.39 Å². The van der Waals surface area contributed by atoms with Gasteiger partial charge in [-0.15, -0.1) is 0 Å². The monoisotopic (exact) mass is 220 g/mol. The molecule has 1 aromatic heterocycles. The van der Waals surface area contributed by atoms with E-state index in [4.69, 9.17) is 10.5 Å². The Bertz CT molecular complexity index is 669. The average Bonchev–Trinajstić information content (AvgIpc) is 2.38. The van der Waals surface area contributed by atoms with Gasteiger partial charge in [0.15, 0.2) is 6.20 Å². The van der Waals surface area contributed by atoms with Crippen LogP contribution in [0.5, 0.6) is 0 Å². The minimum absolute atomic E-state index is 0.115. The first-order valence-corrected chi connectivity index (χ1v) is 5.15. The van der Waals surface area contributed by atoms with E-state index >= 15 is 0 Å². The van der Waals surface area contributed by atoms with Crippen LogP contribution in [0.1, 0.15) is 5.56 Å². The number of para-hydroxylation sites is 1. The van der Waals surface area contributed by atoms with Gasteiger partial charge in [0.2, 0.25) is 5.52 Å². The molecule has 0 fully saturated rings. The van der Waals surface area contributed by atoms with Crippen LogP contribution in [0.15, 0.2) is 42.1 Å². The van der Waals surface area contributed by atoms with Gasteiger partial charge < -0.3 is 0 Å². The number of nitriles is 2. The summed E-state index contributed by atoms with van der Waals surface area (Å²) in [5.74, 6) is 0. The predicted molar refractivity (Wildman–Crippen MR) is 64.3 cm³/mol. The van der Waals surface area contributed by atoms with Gasteiger partial charge in [-0.3, -0.25) is 0 Å². The van der Waals surface area contributed by atoms with Crippen LogP contribution in [0, 0.1) is 22.7 Å². The molecule has 0 spiro atoms. The molecule has 0 N–H and O–H groups in total. The Morgan fingerprint density at radius 2 is 1.88 bits per heavy atom. The zero-order chi connectivity index (χ0) is 12.3. The highest BCUT2D eigenvalue weighted by molar-refractivity contribution is 5.86. The second-order valence-electron chi connectivity index (χ2n) is 3.68. The van der Waals surface area contributed by atoms with Gasteiger partial charge in [0, 0.05) is 12.1 Å². The average molecular weight is 220 g/mol. The molecule has 0 saturated carbocycles. The van der Waals surface area contributed by atoms with Crippen molar-refractivity contribution in [2.45, 2.75) is 0 Å². The summed E-state index contributed by atoms with van der Waals surface area (Å²) < 4.78 is 2.01. The van der Waals surface area contributed by atoms with Crippen molar-refractivity contribution in [3.8, 4) is 12.1 Å².